The second-order valence-corrected chi connectivity index (χ2v) is 5.44. The molecule has 0 bridgehead atoms. The molecule has 1 saturated carbocycles. The van der Waals surface area contributed by atoms with Crippen LogP contribution in [-0.2, 0) is 19.2 Å². The van der Waals surface area contributed by atoms with Crippen LogP contribution in [0.4, 0.5) is 0 Å². The molecule has 0 radical (unpaired) electrons. The van der Waals surface area contributed by atoms with Crippen LogP contribution in [0.25, 0.3) is 0 Å². The topological polar surface area (TPSA) is 118 Å². The minimum absolute atomic E-state index is 0.0934. The fraction of sp³-hybridized carbons (Fsp3) is 0.692. The molecule has 0 aromatic heterocycles. The van der Waals surface area contributed by atoms with E-state index in [1.807, 2.05) is 0 Å². The van der Waals surface area contributed by atoms with Crippen LogP contribution in [0.1, 0.15) is 38.5 Å². The van der Waals surface area contributed by atoms with E-state index < -0.39 is 23.9 Å². The highest BCUT2D eigenvalue weighted by atomic mass is 16.2. The minimum atomic E-state index is -0.843. The summed E-state index contributed by atoms with van der Waals surface area (Å²) in [6.45, 7) is 0. The van der Waals surface area contributed by atoms with Crippen molar-refractivity contribution in [2.24, 2.45) is 11.7 Å². The first kappa shape index (κ1) is 14.5. The number of carbonyl (C=O) groups excluding carboxylic acids is 4. The Morgan fingerprint density at radius 3 is 2.55 bits per heavy atom. The molecule has 4 N–H and O–H groups in total. The predicted octanol–water partition coefficient (Wildman–Crippen LogP) is -1.01. The van der Waals surface area contributed by atoms with E-state index in [-0.39, 0.29) is 24.0 Å². The number of primary amides is 1. The molecule has 2 rings (SSSR count). The Bertz CT molecular complexity index is 449. The second kappa shape index (κ2) is 6.02. The first-order valence-electron chi connectivity index (χ1n) is 6.88. The van der Waals surface area contributed by atoms with Crippen molar-refractivity contribution in [2.75, 3.05) is 0 Å². The zero-order valence-electron chi connectivity index (χ0n) is 11.2. The van der Waals surface area contributed by atoms with Gasteiger partial charge in [0.15, 0.2) is 0 Å². The molecule has 7 nitrogen and oxygen atoms in total. The van der Waals surface area contributed by atoms with Gasteiger partial charge in [0.25, 0.3) is 0 Å². The number of amides is 3. The maximum atomic E-state index is 12.0. The third-order valence-corrected chi connectivity index (χ3v) is 3.91. The van der Waals surface area contributed by atoms with Crippen LogP contribution >= 0.6 is 0 Å². The summed E-state index contributed by atoms with van der Waals surface area (Å²) in [4.78, 5) is 46.1. The van der Waals surface area contributed by atoms with Gasteiger partial charge in [-0.15, -0.1) is 0 Å². The van der Waals surface area contributed by atoms with Crippen molar-refractivity contribution in [3.63, 3.8) is 0 Å². The van der Waals surface area contributed by atoms with Crippen molar-refractivity contribution in [3.8, 4) is 0 Å². The van der Waals surface area contributed by atoms with Crippen molar-refractivity contribution < 1.29 is 19.2 Å². The van der Waals surface area contributed by atoms with Crippen molar-refractivity contribution in [1.82, 2.24) is 10.6 Å². The van der Waals surface area contributed by atoms with Gasteiger partial charge >= 0.3 is 0 Å². The third-order valence-electron chi connectivity index (χ3n) is 3.91. The number of rotatable bonds is 4. The molecule has 2 aliphatic rings. The van der Waals surface area contributed by atoms with Crippen LogP contribution in [0, 0.1) is 5.92 Å². The zero-order chi connectivity index (χ0) is 14.7. The fourth-order valence-electron chi connectivity index (χ4n) is 2.83. The lowest BCUT2D eigenvalue weighted by molar-refractivity contribution is -0.131. The first-order valence-corrected chi connectivity index (χ1v) is 6.88. The highest BCUT2D eigenvalue weighted by Gasteiger charge is 2.35. The number of hydrogen-bond acceptors (Lipinski definition) is 4. The standard InChI is InChI=1S/C13H19N3O4/c14-12(19)11(7-2-1-3-8(17)6-7)16-13(20)9-4-5-10(18)15-9/h7,9,11H,1-6H2,(H2,14,19)(H,15,18)(H,16,20)/t7-,9-,11-/m0/s1. The molecule has 1 saturated heterocycles. The van der Waals surface area contributed by atoms with Gasteiger partial charge in [-0.1, -0.05) is 0 Å². The van der Waals surface area contributed by atoms with Gasteiger partial charge in [0.05, 0.1) is 0 Å². The molecular formula is C13H19N3O4. The molecule has 3 atom stereocenters. The van der Waals surface area contributed by atoms with Crippen LogP contribution in [0.3, 0.4) is 0 Å². The summed E-state index contributed by atoms with van der Waals surface area (Å²) in [5.74, 6) is -1.36. The van der Waals surface area contributed by atoms with Crippen LogP contribution in [-0.4, -0.2) is 35.6 Å². The SMILES string of the molecule is NC(=O)[C@@H](NC(=O)[C@@H]1CCC(=O)N1)[C@H]1CCCC(=O)C1. The summed E-state index contributed by atoms with van der Waals surface area (Å²) < 4.78 is 0. The molecule has 1 aliphatic carbocycles. The molecule has 0 spiro atoms. The Hall–Kier alpha value is -1.92. The number of carbonyl (C=O) groups is 4. The van der Waals surface area contributed by atoms with Gasteiger partial charge in [0.1, 0.15) is 17.9 Å². The molecule has 3 amide bonds. The van der Waals surface area contributed by atoms with Gasteiger partial charge in [-0.05, 0) is 25.2 Å². The summed E-state index contributed by atoms with van der Waals surface area (Å²) in [6.07, 6.45) is 2.92. The number of Topliss-reactive ketones (excluding diaryl/α,β-unsaturated/α-hetero) is 1. The Labute approximate surface area is 116 Å². The van der Waals surface area contributed by atoms with Gasteiger partial charge in [-0.25, -0.2) is 0 Å². The summed E-state index contributed by atoms with van der Waals surface area (Å²) in [7, 11) is 0. The van der Waals surface area contributed by atoms with Crippen LogP contribution in [0.2, 0.25) is 0 Å². The molecule has 110 valence electrons. The normalized spacial score (nSPS) is 27.8. The van der Waals surface area contributed by atoms with E-state index in [0.717, 1.165) is 0 Å². The van der Waals surface area contributed by atoms with Gasteiger partial charge in [-0.3, -0.25) is 19.2 Å². The number of ketones is 1. The maximum Gasteiger partial charge on any atom is 0.243 e. The lowest BCUT2D eigenvalue weighted by Gasteiger charge is -2.28. The quantitative estimate of drug-likeness (QED) is 0.612. The van der Waals surface area contributed by atoms with Crippen molar-refractivity contribution in [2.45, 2.75) is 50.6 Å². The molecule has 0 aromatic rings. The van der Waals surface area contributed by atoms with Gasteiger partial charge in [0, 0.05) is 19.3 Å². The van der Waals surface area contributed by atoms with Crippen molar-refractivity contribution in [1.29, 1.82) is 0 Å². The van der Waals surface area contributed by atoms with E-state index in [0.29, 0.717) is 32.1 Å². The third kappa shape index (κ3) is 3.34. The number of hydrogen-bond donors (Lipinski definition) is 3. The Morgan fingerprint density at radius 2 is 2.00 bits per heavy atom. The summed E-state index contributed by atoms with van der Waals surface area (Å²) in [5, 5.41) is 5.13. The van der Waals surface area contributed by atoms with E-state index >= 15 is 0 Å². The summed E-state index contributed by atoms with van der Waals surface area (Å²) in [5.41, 5.74) is 5.33. The molecule has 20 heavy (non-hydrogen) atoms. The van der Waals surface area contributed by atoms with Crippen molar-refractivity contribution >= 4 is 23.5 Å². The fourth-order valence-corrected chi connectivity index (χ4v) is 2.83. The predicted molar refractivity (Wildman–Crippen MR) is 69.3 cm³/mol. The van der Waals surface area contributed by atoms with Gasteiger partial charge in [0.2, 0.25) is 17.7 Å². The highest BCUT2D eigenvalue weighted by Crippen LogP contribution is 2.24. The van der Waals surface area contributed by atoms with E-state index in [1.165, 1.54) is 0 Å². The lowest BCUT2D eigenvalue weighted by atomic mass is 9.82. The Morgan fingerprint density at radius 1 is 1.25 bits per heavy atom. The smallest absolute Gasteiger partial charge is 0.243 e. The Kier molecular flexibility index (Phi) is 4.36. The molecule has 0 aromatic carbocycles. The zero-order valence-corrected chi connectivity index (χ0v) is 11.2. The average molecular weight is 281 g/mol. The second-order valence-electron chi connectivity index (χ2n) is 5.44. The highest BCUT2D eigenvalue weighted by molar-refractivity contribution is 5.94. The molecule has 1 aliphatic heterocycles. The molecule has 1 heterocycles. The lowest BCUT2D eigenvalue weighted by Crippen LogP contribution is -2.54. The molecular weight excluding hydrogens is 262 g/mol. The monoisotopic (exact) mass is 281 g/mol. The summed E-state index contributed by atoms with van der Waals surface area (Å²) in [6, 6.07) is -1.45. The van der Waals surface area contributed by atoms with Crippen LogP contribution in [0.5, 0.6) is 0 Å². The van der Waals surface area contributed by atoms with Crippen molar-refractivity contribution in [3.05, 3.63) is 0 Å². The first-order chi connectivity index (χ1) is 9.47. The van der Waals surface area contributed by atoms with Crippen LogP contribution < -0.4 is 16.4 Å². The summed E-state index contributed by atoms with van der Waals surface area (Å²) >= 11 is 0. The van der Waals surface area contributed by atoms with E-state index in [1.54, 1.807) is 0 Å². The maximum absolute atomic E-state index is 12.0. The van der Waals surface area contributed by atoms with E-state index in [4.69, 9.17) is 5.73 Å². The largest absolute Gasteiger partial charge is 0.368 e. The molecule has 2 fully saturated rings. The number of nitrogens with two attached hydrogens (primary N) is 1. The van der Waals surface area contributed by atoms with E-state index in [9.17, 15) is 19.2 Å². The average Bonchev–Trinajstić information content (AvgIpc) is 2.82. The number of nitrogens with one attached hydrogen (secondary N) is 2. The van der Waals surface area contributed by atoms with Crippen LogP contribution in [0.15, 0.2) is 0 Å². The molecule has 7 heteroatoms. The Balaban J connectivity index is 1.98. The van der Waals surface area contributed by atoms with E-state index in [2.05, 4.69) is 10.6 Å². The van der Waals surface area contributed by atoms with Gasteiger partial charge < -0.3 is 16.4 Å². The molecule has 0 unspecified atom stereocenters. The van der Waals surface area contributed by atoms with Gasteiger partial charge in [-0.2, -0.15) is 0 Å². The minimum Gasteiger partial charge on any atom is -0.368 e.